The van der Waals surface area contributed by atoms with Crippen LogP contribution in [-0.4, -0.2) is 27.8 Å². The number of nitrogens with two attached hydrogens (primary N) is 1. The zero-order chi connectivity index (χ0) is 13.9. The van der Waals surface area contributed by atoms with E-state index in [4.69, 9.17) is 10.5 Å². The molecule has 0 aliphatic rings. The van der Waals surface area contributed by atoms with Crippen LogP contribution in [0.5, 0.6) is 5.75 Å². The minimum absolute atomic E-state index is 0.313. The van der Waals surface area contributed by atoms with Crippen molar-refractivity contribution in [3.05, 3.63) is 29.8 Å². The molecule has 18 heavy (non-hydrogen) atoms. The Morgan fingerprint density at radius 2 is 1.72 bits per heavy atom. The molecule has 0 fully saturated rings. The number of primary amides is 1. The molecular formula is C13H19NO4. The van der Waals surface area contributed by atoms with Crippen molar-refractivity contribution in [1.29, 1.82) is 0 Å². The quantitative estimate of drug-likeness (QED) is 0.738. The Labute approximate surface area is 106 Å². The number of hydrogen-bond acceptors (Lipinski definition) is 4. The summed E-state index contributed by atoms with van der Waals surface area (Å²) in [5.74, 6) is -0.315. The first-order chi connectivity index (χ1) is 8.20. The minimum Gasteiger partial charge on any atom is -0.488 e. The lowest BCUT2D eigenvalue weighted by atomic mass is 10.0. The van der Waals surface area contributed by atoms with Crippen LogP contribution in [0, 0.1) is 0 Å². The summed E-state index contributed by atoms with van der Waals surface area (Å²) in [6, 6.07) is 6.49. The zero-order valence-corrected chi connectivity index (χ0v) is 10.8. The van der Waals surface area contributed by atoms with Gasteiger partial charge in [0, 0.05) is 0 Å². The molecule has 100 valence electrons. The molecule has 5 nitrogen and oxygen atoms in total. The van der Waals surface area contributed by atoms with Crippen molar-refractivity contribution < 1.29 is 19.7 Å². The molecule has 2 atom stereocenters. The van der Waals surface area contributed by atoms with Crippen molar-refractivity contribution in [2.75, 3.05) is 0 Å². The molecule has 0 aliphatic heterocycles. The number of carbonyl (C=O) groups excluding carboxylic acids is 1. The standard InChI is InChI=1S/C13H19NO4/c1-13(2,3)18-9-6-4-8(5-7-9)10(15)11(16)12(14)17/h4-7,10-11,15-16H,1-3H3,(H2,14,17). The third kappa shape index (κ3) is 4.01. The van der Waals surface area contributed by atoms with Crippen LogP contribution < -0.4 is 10.5 Å². The maximum Gasteiger partial charge on any atom is 0.249 e. The number of aliphatic hydroxyl groups is 2. The van der Waals surface area contributed by atoms with Gasteiger partial charge in [-0.3, -0.25) is 4.79 Å². The molecule has 1 amide bonds. The third-order valence-electron chi connectivity index (χ3n) is 2.24. The van der Waals surface area contributed by atoms with Gasteiger partial charge >= 0.3 is 0 Å². The van der Waals surface area contributed by atoms with Gasteiger partial charge in [-0.05, 0) is 38.5 Å². The molecule has 1 aromatic rings. The lowest BCUT2D eigenvalue weighted by molar-refractivity contribution is -0.131. The predicted molar refractivity (Wildman–Crippen MR) is 67.0 cm³/mol. The fraction of sp³-hybridized carbons (Fsp3) is 0.462. The summed E-state index contributed by atoms with van der Waals surface area (Å²) in [7, 11) is 0. The van der Waals surface area contributed by atoms with Crippen molar-refractivity contribution in [1.82, 2.24) is 0 Å². The van der Waals surface area contributed by atoms with E-state index in [1.165, 1.54) is 0 Å². The molecule has 4 N–H and O–H groups in total. The Hall–Kier alpha value is -1.59. The van der Waals surface area contributed by atoms with E-state index in [-0.39, 0.29) is 5.60 Å². The SMILES string of the molecule is CC(C)(C)Oc1ccc(C(O)C(O)C(N)=O)cc1. The van der Waals surface area contributed by atoms with Crippen LogP contribution in [0.3, 0.4) is 0 Å². The van der Waals surface area contributed by atoms with Crippen LogP contribution in [0.15, 0.2) is 24.3 Å². The van der Waals surface area contributed by atoms with Gasteiger partial charge in [0.2, 0.25) is 5.91 Å². The van der Waals surface area contributed by atoms with Crippen LogP contribution in [-0.2, 0) is 4.79 Å². The Morgan fingerprint density at radius 1 is 1.22 bits per heavy atom. The number of hydrogen-bond donors (Lipinski definition) is 3. The van der Waals surface area contributed by atoms with Gasteiger partial charge in [0.1, 0.15) is 17.5 Å². The van der Waals surface area contributed by atoms with E-state index in [2.05, 4.69) is 0 Å². The Bertz CT molecular complexity index is 408. The molecule has 0 heterocycles. The molecule has 1 aromatic carbocycles. The topological polar surface area (TPSA) is 92.8 Å². The van der Waals surface area contributed by atoms with E-state index >= 15 is 0 Å². The van der Waals surface area contributed by atoms with Crippen molar-refractivity contribution >= 4 is 5.91 Å². The van der Waals surface area contributed by atoms with Gasteiger partial charge in [0.15, 0.2) is 6.10 Å². The second kappa shape index (κ2) is 5.37. The fourth-order valence-corrected chi connectivity index (χ4v) is 1.42. The predicted octanol–water partition coefficient (Wildman–Crippen LogP) is 0.743. The lowest BCUT2D eigenvalue weighted by Crippen LogP contribution is -2.33. The van der Waals surface area contributed by atoms with Gasteiger partial charge in [0.05, 0.1) is 0 Å². The number of carbonyl (C=O) groups is 1. The molecule has 0 bridgehead atoms. The van der Waals surface area contributed by atoms with E-state index in [1.807, 2.05) is 20.8 Å². The van der Waals surface area contributed by atoms with Crippen LogP contribution in [0.4, 0.5) is 0 Å². The highest BCUT2D eigenvalue weighted by Crippen LogP contribution is 2.22. The fourth-order valence-electron chi connectivity index (χ4n) is 1.42. The number of aliphatic hydroxyl groups excluding tert-OH is 2. The number of benzene rings is 1. The smallest absolute Gasteiger partial charge is 0.249 e. The van der Waals surface area contributed by atoms with Gasteiger partial charge in [-0.2, -0.15) is 0 Å². The van der Waals surface area contributed by atoms with Crippen molar-refractivity contribution in [2.24, 2.45) is 5.73 Å². The Kier molecular flexibility index (Phi) is 4.32. The van der Waals surface area contributed by atoms with E-state index in [0.29, 0.717) is 11.3 Å². The summed E-state index contributed by atoms with van der Waals surface area (Å²) in [5, 5.41) is 19.0. The molecule has 0 saturated carbocycles. The molecule has 0 spiro atoms. The average molecular weight is 253 g/mol. The molecule has 0 aromatic heterocycles. The molecule has 0 aliphatic carbocycles. The van der Waals surface area contributed by atoms with E-state index in [9.17, 15) is 15.0 Å². The average Bonchev–Trinajstić information content (AvgIpc) is 2.26. The first kappa shape index (κ1) is 14.5. The second-order valence-electron chi connectivity index (χ2n) is 5.08. The summed E-state index contributed by atoms with van der Waals surface area (Å²) < 4.78 is 5.61. The maximum atomic E-state index is 10.8. The van der Waals surface area contributed by atoms with Crippen molar-refractivity contribution in [3.8, 4) is 5.75 Å². The molecule has 5 heteroatoms. The van der Waals surface area contributed by atoms with Gasteiger partial charge in [0.25, 0.3) is 0 Å². The molecule has 1 rings (SSSR count). The number of rotatable bonds is 4. The monoisotopic (exact) mass is 253 g/mol. The van der Waals surface area contributed by atoms with Crippen LogP contribution >= 0.6 is 0 Å². The number of amides is 1. The second-order valence-corrected chi connectivity index (χ2v) is 5.08. The van der Waals surface area contributed by atoms with Gasteiger partial charge in [-0.25, -0.2) is 0 Å². The van der Waals surface area contributed by atoms with Crippen molar-refractivity contribution in [3.63, 3.8) is 0 Å². The highest BCUT2D eigenvalue weighted by atomic mass is 16.5. The molecule has 0 radical (unpaired) electrons. The zero-order valence-electron chi connectivity index (χ0n) is 10.8. The van der Waals surface area contributed by atoms with E-state index in [0.717, 1.165) is 0 Å². The highest BCUT2D eigenvalue weighted by molar-refractivity contribution is 5.79. The van der Waals surface area contributed by atoms with Crippen LogP contribution in [0.1, 0.15) is 32.4 Å². The summed E-state index contributed by atoms with van der Waals surface area (Å²) in [4.78, 5) is 10.8. The Balaban J connectivity index is 2.80. The van der Waals surface area contributed by atoms with E-state index < -0.39 is 18.1 Å². The summed E-state index contributed by atoms with van der Waals surface area (Å²) >= 11 is 0. The highest BCUT2D eigenvalue weighted by Gasteiger charge is 2.23. The molecule has 2 unspecified atom stereocenters. The molecular weight excluding hydrogens is 234 g/mol. The van der Waals surface area contributed by atoms with Crippen molar-refractivity contribution in [2.45, 2.75) is 38.6 Å². The van der Waals surface area contributed by atoms with Gasteiger partial charge in [-0.15, -0.1) is 0 Å². The lowest BCUT2D eigenvalue weighted by Gasteiger charge is -2.22. The van der Waals surface area contributed by atoms with Crippen LogP contribution in [0.2, 0.25) is 0 Å². The minimum atomic E-state index is -1.61. The molecule has 0 saturated heterocycles. The summed E-state index contributed by atoms with van der Waals surface area (Å²) in [5.41, 5.74) is 5.01. The summed E-state index contributed by atoms with van der Waals surface area (Å²) in [6.07, 6.45) is -2.94. The first-order valence-corrected chi connectivity index (χ1v) is 5.65. The van der Waals surface area contributed by atoms with Gasteiger partial charge < -0.3 is 20.7 Å². The van der Waals surface area contributed by atoms with Gasteiger partial charge in [-0.1, -0.05) is 12.1 Å². The third-order valence-corrected chi connectivity index (χ3v) is 2.24. The normalized spacial score (nSPS) is 14.9. The maximum absolute atomic E-state index is 10.8. The number of ether oxygens (including phenoxy) is 1. The first-order valence-electron chi connectivity index (χ1n) is 5.65. The Morgan fingerprint density at radius 3 is 2.11 bits per heavy atom. The largest absolute Gasteiger partial charge is 0.488 e. The van der Waals surface area contributed by atoms with Crippen LogP contribution in [0.25, 0.3) is 0 Å². The summed E-state index contributed by atoms with van der Waals surface area (Å²) in [6.45, 7) is 5.77. The van der Waals surface area contributed by atoms with E-state index in [1.54, 1.807) is 24.3 Å².